The summed E-state index contributed by atoms with van der Waals surface area (Å²) < 4.78 is 0. The van der Waals surface area contributed by atoms with Gasteiger partial charge in [-0.15, -0.1) is 0 Å². The standard InChI is InChI=1S/C6H12O2/c7-4-5-1-2-6(8)3-5/h5-8H,1-4H2/t5?,6-/m0/s1. The predicted molar refractivity (Wildman–Crippen MR) is 30.4 cm³/mol. The van der Waals surface area contributed by atoms with Crippen LogP contribution in [0.15, 0.2) is 0 Å². The normalized spacial score (nSPS) is 38.2. The third kappa shape index (κ3) is 1.20. The van der Waals surface area contributed by atoms with Gasteiger partial charge in [-0.25, -0.2) is 0 Å². The van der Waals surface area contributed by atoms with Crippen LogP contribution in [0.1, 0.15) is 19.3 Å². The lowest BCUT2D eigenvalue weighted by atomic mass is 10.1. The first-order valence-corrected chi connectivity index (χ1v) is 3.12. The molecule has 1 aliphatic rings. The van der Waals surface area contributed by atoms with Crippen molar-refractivity contribution in [2.24, 2.45) is 5.92 Å². The van der Waals surface area contributed by atoms with Crippen molar-refractivity contribution in [3.63, 3.8) is 0 Å². The molecular weight excluding hydrogens is 104 g/mol. The smallest absolute Gasteiger partial charge is 0.0543 e. The van der Waals surface area contributed by atoms with E-state index in [4.69, 9.17) is 10.2 Å². The highest BCUT2D eigenvalue weighted by Crippen LogP contribution is 2.24. The van der Waals surface area contributed by atoms with Gasteiger partial charge in [-0.1, -0.05) is 0 Å². The Morgan fingerprint density at radius 3 is 2.38 bits per heavy atom. The molecule has 48 valence electrons. The van der Waals surface area contributed by atoms with Crippen LogP contribution in [-0.2, 0) is 0 Å². The summed E-state index contributed by atoms with van der Waals surface area (Å²) in [7, 11) is 0. The molecule has 0 aliphatic heterocycles. The summed E-state index contributed by atoms with van der Waals surface area (Å²) in [4.78, 5) is 0. The molecule has 0 aromatic rings. The van der Waals surface area contributed by atoms with E-state index in [0.29, 0.717) is 5.92 Å². The van der Waals surface area contributed by atoms with Crippen molar-refractivity contribution in [2.75, 3.05) is 6.61 Å². The summed E-state index contributed by atoms with van der Waals surface area (Å²) in [5, 5.41) is 17.5. The fraction of sp³-hybridized carbons (Fsp3) is 1.00. The highest BCUT2D eigenvalue weighted by atomic mass is 16.3. The van der Waals surface area contributed by atoms with Gasteiger partial charge in [-0.05, 0) is 25.2 Å². The second-order valence-electron chi connectivity index (χ2n) is 2.52. The van der Waals surface area contributed by atoms with Gasteiger partial charge in [-0.2, -0.15) is 0 Å². The molecule has 0 radical (unpaired) electrons. The summed E-state index contributed by atoms with van der Waals surface area (Å²) in [6, 6.07) is 0. The van der Waals surface area contributed by atoms with E-state index in [1.165, 1.54) is 0 Å². The zero-order chi connectivity index (χ0) is 5.98. The lowest BCUT2D eigenvalue weighted by molar-refractivity contribution is 0.163. The van der Waals surface area contributed by atoms with Crippen molar-refractivity contribution in [2.45, 2.75) is 25.4 Å². The molecule has 0 saturated heterocycles. The quantitative estimate of drug-likeness (QED) is 0.511. The average molecular weight is 116 g/mol. The van der Waals surface area contributed by atoms with E-state index in [9.17, 15) is 0 Å². The summed E-state index contributed by atoms with van der Waals surface area (Å²) in [5.41, 5.74) is 0. The first kappa shape index (κ1) is 6.05. The fourth-order valence-electron chi connectivity index (χ4n) is 1.21. The Hall–Kier alpha value is -0.0800. The highest BCUT2D eigenvalue weighted by Gasteiger charge is 2.21. The van der Waals surface area contributed by atoms with E-state index >= 15 is 0 Å². The maximum atomic E-state index is 8.92. The Balaban J connectivity index is 2.22. The minimum Gasteiger partial charge on any atom is -0.396 e. The van der Waals surface area contributed by atoms with Gasteiger partial charge in [0.2, 0.25) is 0 Å². The third-order valence-corrected chi connectivity index (χ3v) is 1.77. The molecule has 1 unspecified atom stereocenters. The van der Waals surface area contributed by atoms with Crippen LogP contribution in [0, 0.1) is 5.92 Å². The van der Waals surface area contributed by atoms with Crippen LogP contribution >= 0.6 is 0 Å². The van der Waals surface area contributed by atoms with Gasteiger partial charge in [0.1, 0.15) is 0 Å². The molecule has 1 aliphatic carbocycles. The summed E-state index contributed by atoms with van der Waals surface area (Å²) in [5.74, 6) is 0.380. The lowest BCUT2D eigenvalue weighted by Gasteiger charge is -2.00. The van der Waals surface area contributed by atoms with Gasteiger partial charge in [0.15, 0.2) is 0 Å². The molecule has 1 rings (SSSR count). The third-order valence-electron chi connectivity index (χ3n) is 1.77. The van der Waals surface area contributed by atoms with Gasteiger partial charge in [0, 0.05) is 6.61 Å². The van der Waals surface area contributed by atoms with Crippen molar-refractivity contribution >= 4 is 0 Å². The maximum absolute atomic E-state index is 8.92. The van der Waals surface area contributed by atoms with Crippen LogP contribution in [0.2, 0.25) is 0 Å². The molecule has 1 fully saturated rings. The van der Waals surface area contributed by atoms with Crippen molar-refractivity contribution < 1.29 is 10.2 Å². The summed E-state index contributed by atoms with van der Waals surface area (Å²) in [6.07, 6.45) is 2.55. The predicted octanol–water partition coefficient (Wildman–Crippen LogP) is 0.140. The summed E-state index contributed by atoms with van der Waals surface area (Å²) in [6.45, 7) is 0.247. The fourth-order valence-corrected chi connectivity index (χ4v) is 1.21. The van der Waals surface area contributed by atoms with E-state index in [2.05, 4.69) is 0 Å². The first-order valence-electron chi connectivity index (χ1n) is 3.12. The number of rotatable bonds is 1. The molecule has 2 atom stereocenters. The van der Waals surface area contributed by atoms with Crippen LogP contribution in [0.5, 0.6) is 0 Å². The molecular formula is C6H12O2. The number of hydrogen-bond donors (Lipinski definition) is 2. The van der Waals surface area contributed by atoms with E-state index in [-0.39, 0.29) is 12.7 Å². The van der Waals surface area contributed by atoms with E-state index in [1.807, 2.05) is 0 Å². The Labute approximate surface area is 49.1 Å². The molecule has 2 nitrogen and oxygen atoms in total. The van der Waals surface area contributed by atoms with Crippen molar-refractivity contribution in [3.8, 4) is 0 Å². The van der Waals surface area contributed by atoms with Crippen LogP contribution < -0.4 is 0 Å². The number of aliphatic hydroxyl groups excluding tert-OH is 2. The van der Waals surface area contributed by atoms with Crippen LogP contribution in [-0.4, -0.2) is 22.9 Å². The molecule has 2 heteroatoms. The highest BCUT2D eigenvalue weighted by molar-refractivity contribution is 4.73. The Bertz CT molecular complexity index is 72.9. The van der Waals surface area contributed by atoms with Crippen LogP contribution in [0.3, 0.4) is 0 Å². The van der Waals surface area contributed by atoms with Gasteiger partial charge < -0.3 is 10.2 Å². The molecule has 1 saturated carbocycles. The monoisotopic (exact) mass is 116 g/mol. The zero-order valence-corrected chi connectivity index (χ0v) is 4.88. The van der Waals surface area contributed by atoms with Gasteiger partial charge >= 0.3 is 0 Å². The molecule has 0 heterocycles. The average Bonchev–Trinajstić information content (AvgIpc) is 2.14. The van der Waals surface area contributed by atoms with Crippen molar-refractivity contribution in [1.29, 1.82) is 0 Å². The SMILES string of the molecule is OCC1CC[C@H](O)C1. The van der Waals surface area contributed by atoms with Gasteiger partial charge in [0.05, 0.1) is 6.10 Å². The largest absolute Gasteiger partial charge is 0.396 e. The Morgan fingerprint density at radius 1 is 1.38 bits per heavy atom. The van der Waals surface area contributed by atoms with E-state index < -0.39 is 0 Å². The second kappa shape index (κ2) is 2.46. The van der Waals surface area contributed by atoms with Crippen molar-refractivity contribution in [1.82, 2.24) is 0 Å². The Morgan fingerprint density at radius 2 is 2.12 bits per heavy atom. The molecule has 0 aromatic heterocycles. The minimum atomic E-state index is -0.132. The van der Waals surface area contributed by atoms with Gasteiger partial charge in [-0.3, -0.25) is 0 Å². The number of hydrogen-bond acceptors (Lipinski definition) is 2. The van der Waals surface area contributed by atoms with E-state index in [1.54, 1.807) is 0 Å². The van der Waals surface area contributed by atoms with Gasteiger partial charge in [0.25, 0.3) is 0 Å². The maximum Gasteiger partial charge on any atom is 0.0543 e. The molecule has 0 spiro atoms. The first-order chi connectivity index (χ1) is 3.83. The minimum absolute atomic E-state index is 0.132. The van der Waals surface area contributed by atoms with Crippen LogP contribution in [0.25, 0.3) is 0 Å². The zero-order valence-electron chi connectivity index (χ0n) is 4.88. The molecule has 8 heavy (non-hydrogen) atoms. The van der Waals surface area contributed by atoms with Crippen molar-refractivity contribution in [3.05, 3.63) is 0 Å². The van der Waals surface area contributed by atoms with E-state index in [0.717, 1.165) is 19.3 Å². The molecule has 0 amide bonds. The Kier molecular flexibility index (Phi) is 1.86. The topological polar surface area (TPSA) is 40.5 Å². The molecule has 2 N–H and O–H groups in total. The lowest BCUT2D eigenvalue weighted by Crippen LogP contribution is -2.03. The number of aliphatic hydroxyl groups is 2. The molecule has 0 bridgehead atoms. The summed E-state index contributed by atoms with van der Waals surface area (Å²) >= 11 is 0. The van der Waals surface area contributed by atoms with Crippen LogP contribution in [0.4, 0.5) is 0 Å². The second-order valence-corrected chi connectivity index (χ2v) is 2.52. The molecule has 0 aromatic carbocycles.